The van der Waals surface area contributed by atoms with E-state index in [0.717, 1.165) is 5.56 Å². The van der Waals surface area contributed by atoms with Crippen molar-refractivity contribution in [2.75, 3.05) is 5.32 Å². The van der Waals surface area contributed by atoms with Gasteiger partial charge in [0.2, 0.25) is 0 Å². The summed E-state index contributed by atoms with van der Waals surface area (Å²) in [7, 11) is -3.52. The van der Waals surface area contributed by atoms with Crippen LogP contribution < -0.4 is 11.1 Å². The number of hydrogen-bond acceptors (Lipinski definition) is 4. The molecule has 1 aliphatic rings. The minimum Gasteiger partial charge on any atom is -0.345 e. The number of nitrogens with one attached hydrogen (secondary N) is 1. The normalized spacial score (nSPS) is 16.1. The van der Waals surface area contributed by atoms with Gasteiger partial charge >= 0.3 is 0 Å². The minimum absolute atomic E-state index is 0. The summed E-state index contributed by atoms with van der Waals surface area (Å²) in [6, 6.07) is 4.99. The average molecular weight is 248 g/mol. The van der Waals surface area contributed by atoms with E-state index >= 15 is 0 Å². The van der Waals surface area contributed by atoms with Crippen molar-refractivity contribution < 1.29 is 8.42 Å². The van der Waals surface area contributed by atoms with E-state index in [9.17, 15) is 8.42 Å². The molecule has 0 amide bonds. The molecule has 1 aromatic carbocycles. The number of rotatable bonds is 1. The van der Waals surface area contributed by atoms with Crippen molar-refractivity contribution >= 4 is 34.5 Å². The van der Waals surface area contributed by atoms with Gasteiger partial charge in [0.25, 0.3) is 10.0 Å². The largest absolute Gasteiger partial charge is 0.345 e. The van der Waals surface area contributed by atoms with Crippen LogP contribution in [0.4, 0.5) is 5.69 Å². The Kier molecular flexibility index (Phi) is 3.33. The van der Waals surface area contributed by atoms with Crippen LogP contribution in [0.25, 0.3) is 0 Å². The van der Waals surface area contributed by atoms with E-state index in [-0.39, 0.29) is 17.3 Å². The molecule has 3 N–H and O–H groups in total. The first kappa shape index (κ1) is 12.0. The lowest BCUT2D eigenvalue weighted by molar-refractivity contribution is 0.598. The molecule has 0 radical (unpaired) electrons. The van der Waals surface area contributed by atoms with E-state index in [0.29, 0.717) is 12.2 Å². The third kappa shape index (κ3) is 2.11. The smallest absolute Gasteiger partial charge is 0.285 e. The van der Waals surface area contributed by atoms with E-state index in [1.807, 2.05) is 0 Å². The summed E-state index contributed by atoms with van der Waals surface area (Å²) in [6.07, 6.45) is 1.17. The van der Waals surface area contributed by atoms with Crippen molar-refractivity contribution in [3.63, 3.8) is 0 Å². The van der Waals surface area contributed by atoms with Crippen molar-refractivity contribution in [3.8, 4) is 0 Å². The third-order valence-corrected chi connectivity index (χ3v) is 3.25. The third-order valence-electron chi connectivity index (χ3n) is 1.97. The minimum atomic E-state index is -3.52. The Morgan fingerprint density at radius 3 is 2.80 bits per heavy atom. The van der Waals surface area contributed by atoms with Crippen molar-refractivity contribution in [1.29, 1.82) is 0 Å². The molecule has 5 nitrogen and oxygen atoms in total. The SMILES string of the molecule is Cl.NCc1ccc2c(c1)S(=O)(=O)N=CN2. The van der Waals surface area contributed by atoms with E-state index in [1.165, 1.54) is 12.4 Å². The standard InChI is InChI=1S/C8H9N3O2S.ClH/c9-4-6-1-2-7-8(3-6)14(12,13)11-5-10-7;/h1-3,5H,4,9H2,(H,10,11);1H. The molecular formula is C8H10ClN3O2S. The summed E-state index contributed by atoms with van der Waals surface area (Å²) in [5, 5.41) is 2.76. The topological polar surface area (TPSA) is 84.6 Å². The highest BCUT2D eigenvalue weighted by molar-refractivity contribution is 7.90. The molecule has 1 aliphatic heterocycles. The van der Waals surface area contributed by atoms with Crippen molar-refractivity contribution in [2.45, 2.75) is 11.4 Å². The fourth-order valence-electron chi connectivity index (χ4n) is 1.25. The second-order valence-corrected chi connectivity index (χ2v) is 4.49. The molecule has 0 bridgehead atoms. The van der Waals surface area contributed by atoms with Gasteiger partial charge in [-0.1, -0.05) is 6.07 Å². The number of nitrogens with zero attached hydrogens (tertiary/aromatic N) is 1. The van der Waals surface area contributed by atoms with Crippen LogP contribution in [0.3, 0.4) is 0 Å². The molecule has 0 aromatic heterocycles. The van der Waals surface area contributed by atoms with Crippen molar-refractivity contribution in [3.05, 3.63) is 23.8 Å². The van der Waals surface area contributed by atoms with Gasteiger partial charge < -0.3 is 11.1 Å². The molecule has 15 heavy (non-hydrogen) atoms. The van der Waals surface area contributed by atoms with Gasteiger partial charge in [0, 0.05) is 6.54 Å². The second-order valence-electron chi connectivity index (χ2n) is 2.89. The molecule has 0 saturated heterocycles. The van der Waals surface area contributed by atoms with Crippen LogP contribution in [0, 0.1) is 0 Å². The Labute approximate surface area is 93.9 Å². The number of anilines is 1. The number of halogens is 1. The van der Waals surface area contributed by atoms with Gasteiger partial charge in [-0.3, -0.25) is 0 Å². The fourth-order valence-corrected chi connectivity index (χ4v) is 2.26. The molecule has 1 heterocycles. The molecule has 2 rings (SSSR count). The predicted molar refractivity (Wildman–Crippen MR) is 60.9 cm³/mol. The predicted octanol–water partition coefficient (Wildman–Crippen LogP) is 0.710. The second kappa shape index (κ2) is 4.18. The zero-order valence-corrected chi connectivity index (χ0v) is 9.31. The summed E-state index contributed by atoms with van der Waals surface area (Å²) >= 11 is 0. The first-order valence-corrected chi connectivity index (χ1v) is 5.46. The van der Waals surface area contributed by atoms with E-state index in [4.69, 9.17) is 5.73 Å². The monoisotopic (exact) mass is 247 g/mol. The molecule has 7 heteroatoms. The first-order valence-electron chi connectivity index (χ1n) is 4.02. The summed E-state index contributed by atoms with van der Waals surface area (Å²) in [5.74, 6) is 0. The van der Waals surface area contributed by atoms with Gasteiger partial charge in [-0.05, 0) is 17.7 Å². The first-order chi connectivity index (χ1) is 6.63. The Morgan fingerprint density at radius 2 is 2.13 bits per heavy atom. The maximum absolute atomic E-state index is 11.5. The highest BCUT2D eigenvalue weighted by Crippen LogP contribution is 2.26. The van der Waals surface area contributed by atoms with Gasteiger partial charge in [0.05, 0.1) is 5.69 Å². The molecule has 0 spiro atoms. The molecule has 0 aliphatic carbocycles. The highest BCUT2D eigenvalue weighted by atomic mass is 35.5. The Morgan fingerprint density at radius 1 is 1.40 bits per heavy atom. The molecule has 1 aromatic rings. The number of sulfonamides is 1. The molecule has 82 valence electrons. The van der Waals surface area contributed by atoms with E-state index in [2.05, 4.69) is 9.71 Å². The van der Waals surface area contributed by atoms with Gasteiger partial charge in [0.1, 0.15) is 11.2 Å². The van der Waals surface area contributed by atoms with Crippen LogP contribution in [0.15, 0.2) is 27.5 Å². The molecule has 0 saturated carbocycles. The molecule has 0 atom stereocenters. The Balaban J connectivity index is 0.00000112. The zero-order chi connectivity index (χ0) is 10.2. The molecule has 0 unspecified atom stereocenters. The zero-order valence-electron chi connectivity index (χ0n) is 7.67. The summed E-state index contributed by atoms with van der Waals surface area (Å²) in [4.78, 5) is 0.183. The van der Waals surface area contributed by atoms with E-state index in [1.54, 1.807) is 12.1 Å². The molecular weight excluding hydrogens is 238 g/mol. The quantitative estimate of drug-likeness (QED) is 0.766. The average Bonchev–Trinajstić information content (AvgIpc) is 2.17. The fraction of sp³-hybridized carbons (Fsp3) is 0.125. The number of hydrogen-bond donors (Lipinski definition) is 2. The lowest BCUT2D eigenvalue weighted by Gasteiger charge is -2.12. The molecule has 0 fully saturated rings. The lowest BCUT2D eigenvalue weighted by atomic mass is 10.2. The Bertz CT molecular complexity index is 499. The van der Waals surface area contributed by atoms with Gasteiger partial charge in [-0.25, -0.2) is 0 Å². The number of benzene rings is 1. The summed E-state index contributed by atoms with van der Waals surface area (Å²) in [5.41, 5.74) is 6.73. The van der Waals surface area contributed by atoms with Crippen LogP contribution in [0.2, 0.25) is 0 Å². The van der Waals surface area contributed by atoms with Crippen LogP contribution >= 0.6 is 12.4 Å². The summed E-state index contributed by atoms with van der Waals surface area (Å²) in [6.45, 7) is 0.312. The van der Waals surface area contributed by atoms with E-state index < -0.39 is 10.0 Å². The van der Waals surface area contributed by atoms with Gasteiger partial charge in [-0.15, -0.1) is 16.8 Å². The van der Waals surface area contributed by atoms with Crippen molar-refractivity contribution in [2.24, 2.45) is 10.1 Å². The summed E-state index contributed by atoms with van der Waals surface area (Å²) < 4.78 is 26.3. The van der Waals surface area contributed by atoms with Crippen LogP contribution in [-0.4, -0.2) is 14.8 Å². The van der Waals surface area contributed by atoms with Crippen molar-refractivity contribution in [1.82, 2.24) is 0 Å². The number of nitrogens with two attached hydrogens (primary N) is 1. The number of fused-ring (bicyclic) bond motifs is 1. The maximum Gasteiger partial charge on any atom is 0.285 e. The van der Waals surface area contributed by atoms with Crippen LogP contribution in [0.5, 0.6) is 0 Å². The van der Waals surface area contributed by atoms with Crippen LogP contribution in [0.1, 0.15) is 5.56 Å². The highest BCUT2D eigenvalue weighted by Gasteiger charge is 2.20. The maximum atomic E-state index is 11.5. The van der Waals surface area contributed by atoms with Crippen LogP contribution in [-0.2, 0) is 16.6 Å². The lowest BCUT2D eigenvalue weighted by Crippen LogP contribution is -2.12. The Hall–Kier alpha value is -1.11. The van der Waals surface area contributed by atoms with Gasteiger partial charge in [-0.2, -0.15) is 8.42 Å². The van der Waals surface area contributed by atoms with Gasteiger partial charge in [0.15, 0.2) is 0 Å².